The van der Waals surface area contributed by atoms with Crippen LogP contribution in [0.25, 0.3) is 0 Å². The summed E-state index contributed by atoms with van der Waals surface area (Å²) in [5.74, 6) is -0.450. The fraction of sp³-hybridized carbons (Fsp3) is 0.190. The van der Waals surface area contributed by atoms with Gasteiger partial charge in [-0.2, -0.15) is 0 Å². The number of carbonyl (C=O) groups excluding carboxylic acids is 1. The minimum atomic E-state index is -1.10. The first-order valence-corrected chi connectivity index (χ1v) is 8.51. The van der Waals surface area contributed by atoms with Crippen LogP contribution in [0.2, 0.25) is 0 Å². The van der Waals surface area contributed by atoms with Gasteiger partial charge in [-0.3, -0.25) is 4.79 Å². The molecule has 0 bridgehead atoms. The zero-order valence-electron chi connectivity index (χ0n) is 14.2. The number of carbonyl (C=O) groups is 1. The van der Waals surface area contributed by atoms with Gasteiger partial charge in [0.2, 0.25) is 0 Å². The molecule has 0 aliphatic carbocycles. The highest BCUT2D eigenvalue weighted by Gasteiger charge is 2.45. The summed E-state index contributed by atoms with van der Waals surface area (Å²) < 4.78 is 15.1. The van der Waals surface area contributed by atoms with E-state index >= 15 is 0 Å². The molecule has 1 amide bonds. The quantitative estimate of drug-likeness (QED) is 0.786. The van der Waals surface area contributed by atoms with E-state index in [9.17, 15) is 14.3 Å². The number of hydrogen-bond donors (Lipinski definition) is 1. The first-order valence-electron chi connectivity index (χ1n) is 8.51. The fourth-order valence-corrected chi connectivity index (χ4v) is 3.29. The molecule has 1 saturated heterocycles. The fourth-order valence-electron chi connectivity index (χ4n) is 3.29. The summed E-state index contributed by atoms with van der Waals surface area (Å²) in [6, 6.07) is 17.2. The lowest BCUT2D eigenvalue weighted by Gasteiger charge is -2.46. The van der Waals surface area contributed by atoms with Crippen LogP contribution in [0.1, 0.15) is 21.5 Å². The van der Waals surface area contributed by atoms with Crippen molar-refractivity contribution in [2.75, 3.05) is 13.1 Å². The Bertz CT molecular complexity index is 896. The van der Waals surface area contributed by atoms with Gasteiger partial charge in [-0.15, -0.1) is 0 Å². The molecule has 26 heavy (non-hydrogen) atoms. The van der Waals surface area contributed by atoms with Crippen molar-refractivity contribution < 1.29 is 14.3 Å². The number of benzene rings is 2. The number of likely N-dealkylation sites (tertiary alicyclic amines) is 1. The van der Waals surface area contributed by atoms with Crippen LogP contribution in [-0.2, 0) is 12.1 Å². The van der Waals surface area contributed by atoms with E-state index in [1.807, 2.05) is 48.8 Å². The third-order valence-electron chi connectivity index (χ3n) is 4.81. The average Bonchev–Trinajstić information content (AvgIpc) is 3.13. The maximum Gasteiger partial charge on any atom is 0.254 e. The summed E-state index contributed by atoms with van der Waals surface area (Å²) in [6.07, 6.45) is 3.99. The number of β-amino-alcohol motifs (C(OH)–C–C–N with tert-alkyl or cyclic N) is 1. The first-order chi connectivity index (χ1) is 12.5. The van der Waals surface area contributed by atoms with Crippen LogP contribution in [0.4, 0.5) is 4.39 Å². The first kappa shape index (κ1) is 16.5. The highest BCUT2D eigenvalue weighted by molar-refractivity contribution is 5.95. The molecule has 4 nitrogen and oxygen atoms in total. The molecule has 0 radical (unpaired) electrons. The Morgan fingerprint density at radius 2 is 1.62 bits per heavy atom. The summed E-state index contributed by atoms with van der Waals surface area (Å²) in [4.78, 5) is 14.2. The van der Waals surface area contributed by atoms with E-state index in [2.05, 4.69) is 4.57 Å². The third kappa shape index (κ3) is 3.13. The number of aliphatic hydroxyl groups is 1. The smallest absolute Gasteiger partial charge is 0.254 e. The summed E-state index contributed by atoms with van der Waals surface area (Å²) in [7, 11) is 0. The van der Waals surface area contributed by atoms with E-state index in [1.54, 1.807) is 17.0 Å². The maximum atomic E-state index is 13.0. The summed E-state index contributed by atoms with van der Waals surface area (Å²) in [5.41, 5.74) is 1.24. The molecule has 0 spiro atoms. The number of hydrogen-bond acceptors (Lipinski definition) is 2. The minimum Gasteiger partial charge on any atom is -0.381 e. The lowest BCUT2D eigenvalue weighted by molar-refractivity contribution is -0.0863. The molecule has 0 saturated carbocycles. The highest BCUT2D eigenvalue weighted by Crippen LogP contribution is 2.33. The van der Waals surface area contributed by atoms with E-state index in [0.717, 1.165) is 12.1 Å². The average molecular weight is 350 g/mol. The van der Waals surface area contributed by atoms with Crippen molar-refractivity contribution >= 4 is 5.91 Å². The van der Waals surface area contributed by atoms with Gasteiger partial charge >= 0.3 is 0 Å². The molecule has 0 atom stereocenters. The van der Waals surface area contributed by atoms with Gasteiger partial charge in [0.05, 0.1) is 13.1 Å². The van der Waals surface area contributed by atoms with Gasteiger partial charge in [0, 0.05) is 24.5 Å². The maximum absolute atomic E-state index is 13.0. The lowest BCUT2D eigenvalue weighted by Crippen LogP contribution is -2.61. The Labute approximate surface area is 151 Å². The van der Waals surface area contributed by atoms with Gasteiger partial charge in [-0.25, -0.2) is 4.39 Å². The van der Waals surface area contributed by atoms with Crippen LogP contribution in [-0.4, -0.2) is 33.6 Å². The molecule has 0 unspecified atom stereocenters. The Kier molecular flexibility index (Phi) is 4.09. The Hall–Kier alpha value is -2.92. The van der Waals surface area contributed by atoms with Crippen LogP contribution < -0.4 is 0 Å². The Morgan fingerprint density at radius 1 is 1.00 bits per heavy atom. The van der Waals surface area contributed by atoms with Gasteiger partial charge in [-0.05, 0) is 47.5 Å². The van der Waals surface area contributed by atoms with Gasteiger partial charge in [-0.1, -0.05) is 24.3 Å². The Morgan fingerprint density at radius 3 is 2.23 bits per heavy atom. The molecular weight excluding hydrogens is 331 g/mol. The molecule has 3 aromatic rings. The lowest BCUT2D eigenvalue weighted by atomic mass is 9.85. The normalized spacial score (nSPS) is 15.5. The molecule has 2 heterocycles. The van der Waals surface area contributed by atoms with Crippen LogP contribution in [0.5, 0.6) is 0 Å². The summed E-state index contributed by atoms with van der Waals surface area (Å²) in [6.45, 7) is 1.18. The van der Waals surface area contributed by atoms with Crippen molar-refractivity contribution in [3.05, 3.63) is 95.6 Å². The highest BCUT2D eigenvalue weighted by atomic mass is 19.1. The Balaban J connectivity index is 1.40. The number of amides is 1. The molecule has 1 fully saturated rings. The van der Waals surface area contributed by atoms with Gasteiger partial charge in [0.25, 0.3) is 5.91 Å². The number of rotatable bonds is 4. The second-order valence-electron chi connectivity index (χ2n) is 6.75. The molecule has 5 heteroatoms. The zero-order valence-corrected chi connectivity index (χ0v) is 14.2. The van der Waals surface area contributed by atoms with Crippen LogP contribution in [0.15, 0.2) is 73.1 Å². The molecular formula is C21H19FN2O2. The zero-order chi connectivity index (χ0) is 18.1. The van der Waals surface area contributed by atoms with Crippen molar-refractivity contribution in [3.63, 3.8) is 0 Å². The molecule has 2 aromatic carbocycles. The molecule has 4 rings (SSSR count). The van der Waals surface area contributed by atoms with E-state index < -0.39 is 5.60 Å². The van der Waals surface area contributed by atoms with E-state index in [4.69, 9.17) is 0 Å². The third-order valence-corrected chi connectivity index (χ3v) is 4.81. The number of halogens is 1. The number of aromatic nitrogens is 1. The van der Waals surface area contributed by atoms with E-state index in [-0.39, 0.29) is 24.8 Å². The molecule has 1 aliphatic heterocycles. The monoisotopic (exact) mass is 350 g/mol. The SMILES string of the molecule is O=C(c1ccc(Cn2cccc2)cc1)N1CC(O)(c2ccc(F)cc2)C1. The van der Waals surface area contributed by atoms with E-state index in [0.29, 0.717) is 11.1 Å². The molecule has 132 valence electrons. The topological polar surface area (TPSA) is 45.5 Å². The predicted octanol–water partition coefficient (Wildman–Crippen LogP) is 3.02. The van der Waals surface area contributed by atoms with Crippen LogP contribution >= 0.6 is 0 Å². The predicted molar refractivity (Wildman–Crippen MR) is 96.2 cm³/mol. The van der Waals surface area contributed by atoms with Gasteiger partial charge < -0.3 is 14.6 Å². The minimum absolute atomic E-state index is 0.107. The van der Waals surface area contributed by atoms with Crippen LogP contribution in [0.3, 0.4) is 0 Å². The van der Waals surface area contributed by atoms with Crippen molar-refractivity contribution in [1.29, 1.82) is 0 Å². The van der Waals surface area contributed by atoms with E-state index in [1.165, 1.54) is 12.1 Å². The van der Waals surface area contributed by atoms with Gasteiger partial charge in [0.15, 0.2) is 0 Å². The van der Waals surface area contributed by atoms with Gasteiger partial charge in [0.1, 0.15) is 11.4 Å². The number of nitrogens with zero attached hydrogens (tertiary/aromatic N) is 2. The second-order valence-corrected chi connectivity index (χ2v) is 6.75. The summed E-state index contributed by atoms with van der Waals surface area (Å²) in [5, 5.41) is 10.6. The molecule has 1 aliphatic rings. The largest absolute Gasteiger partial charge is 0.381 e. The molecule has 1 aromatic heterocycles. The van der Waals surface area contributed by atoms with Crippen molar-refractivity contribution in [3.8, 4) is 0 Å². The molecule has 1 N–H and O–H groups in total. The van der Waals surface area contributed by atoms with Crippen LogP contribution in [0, 0.1) is 5.82 Å². The van der Waals surface area contributed by atoms with Crippen molar-refractivity contribution in [2.45, 2.75) is 12.1 Å². The standard InChI is InChI=1S/C21H19FN2O2/c22-19-9-7-18(8-10-19)21(26)14-24(15-21)20(25)17-5-3-16(4-6-17)13-23-11-1-2-12-23/h1-12,26H,13-15H2. The second kappa shape index (κ2) is 6.42. The summed E-state index contributed by atoms with van der Waals surface area (Å²) >= 11 is 0. The van der Waals surface area contributed by atoms with Crippen molar-refractivity contribution in [2.24, 2.45) is 0 Å². The van der Waals surface area contributed by atoms with Crippen molar-refractivity contribution in [1.82, 2.24) is 9.47 Å².